The lowest BCUT2D eigenvalue weighted by molar-refractivity contribution is 0.112. The van der Waals surface area contributed by atoms with Gasteiger partial charge in [0.05, 0.1) is 11.8 Å². The molecule has 0 amide bonds. The first-order valence-corrected chi connectivity index (χ1v) is 4.08. The van der Waals surface area contributed by atoms with Crippen LogP contribution in [0.4, 0.5) is 5.82 Å². The minimum Gasteiger partial charge on any atom is -0.507 e. The van der Waals surface area contributed by atoms with Crippen LogP contribution in [0.1, 0.15) is 10.4 Å². The van der Waals surface area contributed by atoms with Crippen molar-refractivity contribution < 1.29 is 9.90 Å². The molecule has 0 aliphatic rings. The van der Waals surface area contributed by atoms with Crippen LogP contribution in [0.15, 0.2) is 30.5 Å². The van der Waals surface area contributed by atoms with Gasteiger partial charge in [-0.3, -0.25) is 4.79 Å². The van der Waals surface area contributed by atoms with E-state index in [4.69, 9.17) is 10.8 Å². The topological polar surface area (TPSA) is 105 Å². The number of nitrogens with one attached hydrogen (secondary N) is 1. The maximum Gasteiger partial charge on any atom is 0.165 e. The molecule has 1 aromatic heterocycles. The van der Waals surface area contributed by atoms with E-state index in [0.29, 0.717) is 17.7 Å². The molecule has 0 saturated carbocycles. The van der Waals surface area contributed by atoms with E-state index in [1.54, 1.807) is 18.2 Å². The third-order valence-corrected chi connectivity index (χ3v) is 1.50. The van der Waals surface area contributed by atoms with Gasteiger partial charge >= 0.3 is 0 Å². The number of phenolic OH excluding ortho intramolecular Hbond substituents is 1. The van der Waals surface area contributed by atoms with Crippen molar-refractivity contribution in [1.29, 1.82) is 0 Å². The molecule has 0 aliphatic heterocycles. The number of rotatable bonds is 1. The molecule has 4 N–H and O–H groups in total. The Kier molecular flexibility index (Phi) is 3.84. The average Bonchev–Trinajstić information content (AvgIpc) is 2.71. The number of carbonyl (C=O) groups excluding carboxylic acids is 1. The number of phenols is 1. The van der Waals surface area contributed by atoms with Gasteiger partial charge < -0.3 is 10.8 Å². The van der Waals surface area contributed by atoms with Crippen LogP contribution in [-0.4, -0.2) is 26.8 Å². The highest BCUT2D eigenvalue weighted by Gasteiger charge is 1.93. The standard InChI is InChI=1S/C7H6O2.C2H4N4/c8-5-6-3-1-2-4-7(6)9;3-2-1-4-6-5-2/h1-5,9H;1H,(H3,3,4,5,6). The summed E-state index contributed by atoms with van der Waals surface area (Å²) < 4.78 is 0. The number of H-pyrrole nitrogens is 1. The van der Waals surface area contributed by atoms with E-state index >= 15 is 0 Å². The Morgan fingerprint density at radius 2 is 2.13 bits per heavy atom. The Morgan fingerprint density at radius 1 is 1.40 bits per heavy atom. The molecular formula is C9H10N4O2. The zero-order chi connectivity index (χ0) is 11.1. The normalized spacial score (nSPS) is 8.80. The van der Waals surface area contributed by atoms with Crippen LogP contribution in [0.2, 0.25) is 0 Å². The van der Waals surface area contributed by atoms with E-state index in [2.05, 4.69) is 15.4 Å². The van der Waals surface area contributed by atoms with Crippen molar-refractivity contribution in [1.82, 2.24) is 15.4 Å². The van der Waals surface area contributed by atoms with Gasteiger partial charge in [-0.2, -0.15) is 10.3 Å². The lowest BCUT2D eigenvalue weighted by atomic mass is 10.2. The SMILES string of the molecule is Nc1cn[nH]n1.O=Cc1ccccc1O. The van der Waals surface area contributed by atoms with Crippen molar-refractivity contribution in [3.8, 4) is 5.75 Å². The Hall–Kier alpha value is -2.37. The number of carbonyl (C=O) groups is 1. The minimum atomic E-state index is 0.0347. The van der Waals surface area contributed by atoms with Gasteiger partial charge in [0.25, 0.3) is 0 Å². The minimum absolute atomic E-state index is 0.0347. The van der Waals surface area contributed by atoms with Gasteiger partial charge in [-0.05, 0) is 12.1 Å². The van der Waals surface area contributed by atoms with Crippen molar-refractivity contribution in [3.05, 3.63) is 36.0 Å². The summed E-state index contributed by atoms with van der Waals surface area (Å²) in [7, 11) is 0. The molecule has 6 heteroatoms. The summed E-state index contributed by atoms with van der Waals surface area (Å²) in [5.41, 5.74) is 5.40. The molecule has 2 rings (SSSR count). The predicted molar refractivity (Wildman–Crippen MR) is 54.3 cm³/mol. The molecule has 6 nitrogen and oxygen atoms in total. The number of benzene rings is 1. The Morgan fingerprint density at radius 3 is 2.47 bits per heavy atom. The number of anilines is 1. The summed E-state index contributed by atoms with van der Waals surface area (Å²) in [6.07, 6.45) is 2.06. The quantitative estimate of drug-likeness (QED) is 0.592. The first kappa shape index (κ1) is 10.7. The molecule has 0 bridgehead atoms. The van der Waals surface area contributed by atoms with Crippen LogP contribution in [0.5, 0.6) is 5.75 Å². The molecule has 0 radical (unpaired) electrons. The number of nitrogen functional groups attached to an aromatic ring is 1. The molecule has 2 aromatic rings. The summed E-state index contributed by atoms with van der Waals surface area (Å²) in [5.74, 6) is 0.461. The van der Waals surface area contributed by atoms with Crippen LogP contribution >= 0.6 is 0 Å². The van der Waals surface area contributed by atoms with Crippen LogP contribution in [-0.2, 0) is 0 Å². The van der Waals surface area contributed by atoms with Crippen LogP contribution in [0.25, 0.3) is 0 Å². The number of hydrogen-bond donors (Lipinski definition) is 3. The number of aldehydes is 1. The Balaban J connectivity index is 0.000000162. The van der Waals surface area contributed by atoms with Crippen molar-refractivity contribution in [2.24, 2.45) is 0 Å². The van der Waals surface area contributed by atoms with E-state index in [0.717, 1.165) is 0 Å². The van der Waals surface area contributed by atoms with Gasteiger partial charge in [0.2, 0.25) is 0 Å². The van der Waals surface area contributed by atoms with Gasteiger partial charge in [-0.25, -0.2) is 0 Å². The highest BCUT2D eigenvalue weighted by molar-refractivity contribution is 5.78. The predicted octanol–water partition coefficient (Wildman–Crippen LogP) is 0.592. The largest absolute Gasteiger partial charge is 0.507 e. The fourth-order valence-electron chi connectivity index (χ4n) is 0.798. The van der Waals surface area contributed by atoms with Gasteiger partial charge in [0.15, 0.2) is 12.1 Å². The van der Waals surface area contributed by atoms with E-state index in [9.17, 15) is 4.79 Å². The maximum atomic E-state index is 10.1. The molecule has 1 aromatic carbocycles. The third kappa shape index (κ3) is 3.47. The monoisotopic (exact) mass is 206 g/mol. The van der Waals surface area contributed by atoms with Crippen molar-refractivity contribution >= 4 is 12.1 Å². The summed E-state index contributed by atoms with van der Waals surface area (Å²) in [6, 6.07) is 6.40. The summed E-state index contributed by atoms with van der Waals surface area (Å²) in [4.78, 5) is 10.1. The van der Waals surface area contributed by atoms with E-state index in [-0.39, 0.29) is 5.75 Å². The molecule has 0 spiro atoms. The van der Waals surface area contributed by atoms with Crippen molar-refractivity contribution in [2.45, 2.75) is 0 Å². The fourth-order valence-corrected chi connectivity index (χ4v) is 0.798. The molecular weight excluding hydrogens is 196 g/mol. The number of para-hydroxylation sites is 1. The van der Waals surface area contributed by atoms with E-state index in [1.807, 2.05) is 0 Å². The number of aromatic hydroxyl groups is 1. The van der Waals surface area contributed by atoms with Crippen molar-refractivity contribution in [3.63, 3.8) is 0 Å². The van der Waals surface area contributed by atoms with Crippen molar-refractivity contribution in [2.75, 3.05) is 5.73 Å². The summed E-state index contributed by atoms with van der Waals surface area (Å²) >= 11 is 0. The fraction of sp³-hybridized carbons (Fsp3) is 0. The van der Waals surface area contributed by atoms with Gasteiger partial charge in [0.1, 0.15) is 5.75 Å². The Labute approximate surface area is 85.7 Å². The van der Waals surface area contributed by atoms with E-state index < -0.39 is 0 Å². The number of nitrogens with zero attached hydrogens (tertiary/aromatic N) is 2. The van der Waals surface area contributed by atoms with Gasteiger partial charge in [0, 0.05) is 0 Å². The number of aromatic amines is 1. The second-order valence-corrected chi connectivity index (χ2v) is 2.57. The zero-order valence-electron chi connectivity index (χ0n) is 7.79. The van der Waals surface area contributed by atoms with Crippen LogP contribution in [0.3, 0.4) is 0 Å². The molecule has 0 saturated heterocycles. The number of hydrogen-bond acceptors (Lipinski definition) is 5. The zero-order valence-corrected chi connectivity index (χ0v) is 7.79. The maximum absolute atomic E-state index is 10.1. The molecule has 0 unspecified atom stereocenters. The smallest absolute Gasteiger partial charge is 0.165 e. The average molecular weight is 206 g/mol. The van der Waals surface area contributed by atoms with Gasteiger partial charge in [-0.1, -0.05) is 12.1 Å². The summed E-state index contributed by atoms with van der Waals surface area (Å²) in [5, 5.41) is 18.1. The number of nitrogens with two attached hydrogens (primary N) is 1. The molecule has 78 valence electrons. The lowest BCUT2D eigenvalue weighted by Gasteiger charge is -1.91. The molecule has 0 aliphatic carbocycles. The van der Waals surface area contributed by atoms with Gasteiger partial charge in [-0.15, -0.1) is 5.10 Å². The summed E-state index contributed by atoms with van der Waals surface area (Å²) in [6.45, 7) is 0. The highest BCUT2D eigenvalue weighted by atomic mass is 16.3. The number of aromatic nitrogens is 3. The van der Waals surface area contributed by atoms with Crippen LogP contribution in [0, 0.1) is 0 Å². The second kappa shape index (κ2) is 5.38. The molecule has 0 atom stereocenters. The Bertz CT molecular complexity index is 414. The second-order valence-electron chi connectivity index (χ2n) is 2.57. The third-order valence-electron chi connectivity index (χ3n) is 1.50. The lowest BCUT2D eigenvalue weighted by Crippen LogP contribution is -1.81. The molecule has 15 heavy (non-hydrogen) atoms. The first-order valence-electron chi connectivity index (χ1n) is 4.08. The first-order chi connectivity index (χ1) is 7.24. The van der Waals surface area contributed by atoms with Crippen LogP contribution < -0.4 is 5.73 Å². The van der Waals surface area contributed by atoms with E-state index in [1.165, 1.54) is 12.3 Å². The highest BCUT2D eigenvalue weighted by Crippen LogP contribution is 2.11. The molecule has 0 fully saturated rings. The molecule has 1 heterocycles.